The average Bonchev–Trinajstić information content (AvgIpc) is 2.95. The van der Waals surface area contributed by atoms with Crippen LogP contribution in [0.25, 0.3) is 0 Å². The Morgan fingerprint density at radius 3 is 1.73 bits per heavy atom. The standard InChI is InChI=1S/C18H28O12/c1-7(20)26-6-13-18(28-9(3)22)17(27-8(2)21)11(30-13)4-10-14(23)16(25)15(24)12(5-19)29-10/h10-19,23-25H,4-6H2,1-3H3/t10-,11-,12+,13+,14-,15+,16+,17+,18+/m0/s1. The summed E-state index contributed by atoms with van der Waals surface area (Å²) < 4.78 is 26.7. The molecule has 30 heavy (non-hydrogen) atoms. The normalized spacial score (nSPS) is 38.7. The number of carbonyl (C=O) groups excluding carboxylic acids is 3. The molecular weight excluding hydrogens is 408 g/mol. The Hall–Kier alpha value is -1.83. The summed E-state index contributed by atoms with van der Waals surface area (Å²) in [5.74, 6) is -1.96. The molecule has 12 heteroatoms. The molecule has 4 N–H and O–H groups in total. The van der Waals surface area contributed by atoms with Crippen molar-refractivity contribution in [2.75, 3.05) is 13.2 Å². The molecule has 2 saturated heterocycles. The van der Waals surface area contributed by atoms with E-state index >= 15 is 0 Å². The van der Waals surface area contributed by atoms with Crippen molar-refractivity contribution in [3.63, 3.8) is 0 Å². The van der Waals surface area contributed by atoms with Crippen molar-refractivity contribution in [3.05, 3.63) is 0 Å². The molecule has 2 heterocycles. The minimum atomic E-state index is -1.59. The van der Waals surface area contributed by atoms with Gasteiger partial charge in [-0.1, -0.05) is 0 Å². The highest BCUT2D eigenvalue weighted by molar-refractivity contribution is 5.68. The first-order chi connectivity index (χ1) is 14.0. The van der Waals surface area contributed by atoms with Crippen LogP contribution >= 0.6 is 0 Å². The zero-order valence-electron chi connectivity index (χ0n) is 16.9. The number of aliphatic hydroxyl groups excluding tert-OH is 4. The van der Waals surface area contributed by atoms with Gasteiger partial charge in [-0.15, -0.1) is 0 Å². The van der Waals surface area contributed by atoms with E-state index < -0.39 is 79.5 Å². The maximum absolute atomic E-state index is 11.6. The lowest BCUT2D eigenvalue weighted by atomic mass is 9.91. The zero-order valence-corrected chi connectivity index (χ0v) is 16.9. The van der Waals surface area contributed by atoms with Crippen molar-refractivity contribution in [1.82, 2.24) is 0 Å². The third-order valence-corrected chi connectivity index (χ3v) is 4.92. The SMILES string of the molecule is CC(=O)OC[C@H]1O[C@@H](C[C@@H]2O[C@H](CO)[C@@H](O)[C@H](O)[C@H]2O)[C@@H](OC(C)=O)[C@@H]1OC(C)=O. The van der Waals surface area contributed by atoms with Gasteiger partial charge in [-0.05, 0) is 0 Å². The first-order valence-electron chi connectivity index (χ1n) is 9.48. The van der Waals surface area contributed by atoms with Crippen LogP contribution < -0.4 is 0 Å². The summed E-state index contributed by atoms with van der Waals surface area (Å²) in [5, 5.41) is 39.5. The van der Waals surface area contributed by atoms with Gasteiger partial charge in [-0.25, -0.2) is 0 Å². The maximum Gasteiger partial charge on any atom is 0.303 e. The molecule has 9 atom stereocenters. The second kappa shape index (κ2) is 10.5. The van der Waals surface area contributed by atoms with Gasteiger partial charge in [-0.3, -0.25) is 14.4 Å². The van der Waals surface area contributed by atoms with Crippen molar-refractivity contribution < 1.29 is 58.5 Å². The van der Waals surface area contributed by atoms with Crippen LogP contribution in [0.5, 0.6) is 0 Å². The quantitative estimate of drug-likeness (QED) is 0.242. The topological polar surface area (TPSA) is 178 Å². The first-order valence-corrected chi connectivity index (χ1v) is 9.48. The number of hydrogen-bond donors (Lipinski definition) is 4. The van der Waals surface area contributed by atoms with Gasteiger partial charge in [0.05, 0.1) is 12.7 Å². The summed E-state index contributed by atoms with van der Waals surface area (Å²) in [5.41, 5.74) is 0. The molecule has 2 aliphatic rings. The molecule has 172 valence electrons. The van der Waals surface area contributed by atoms with Crippen LogP contribution in [-0.2, 0) is 38.1 Å². The molecule has 0 spiro atoms. The minimum Gasteiger partial charge on any atom is -0.463 e. The van der Waals surface area contributed by atoms with E-state index in [4.69, 9.17) is 23.7 Å². The monoisotopic (exact) mass is 436 g/mol. The van der Waals surface area contributed by atoms with Crippen molar-refractivity contribution in [2.45, 2.75) is 82.1 Å². The van der Waals surface area contributed by atoms with Crippen molar-refractivity contribution in [2.24, 2.45) is 0 Å². The molecule has 0 aromatic heterocycles. The predicted molar refractivity (Wildman–Crippen MR) is 94.8 cm³/mol. The van der Waals surface area contributed by atoms with E-state index in [9.17, 15) is 34.8 Å². The van der Waals surface area contributed by atoms with E-state index in [2.05, 4.69) is 0 Å². The highest BCUT2D eigenvalue weighted by atomic mass is 16.7. The van der Waals surface area contributed by atoms with Gasteiger partial charge in [-0.2, -0.15) is 0 Å². The summed E-state index contributed by atoms with van der Waals surface area (Å²) in [6.07, 6.45) is -11.2. The molecule has 0 aromatic carbocycles. The van der Waals surface area contributed by atoms with E-state index in [0.29, 0.717) is 0 Å². The summed E-state index contributed by atoms with van der Waals surface area (Å²) in [6.45, 7) is 2.60. The Bertz CT molecular complexity index is 622. The molecule has 0 aromatic rings. The molecule has 2 fully saturated rings. The zero-order chi connectivity index (χ0) is 22.6. The molecule has 0 aliphatic carbocycles. The molecule has 2 aliphatic heterocycles. The molecule has 2 rings (SSSR count). The Kier molecular flexibility index (Phi) is 8.52. The molecule has 0 amide bonds. The first kappa shape index (κ1) is 24.4. The fourth-order valence-electron chi connectivity index (χ4n) is 3.60. The molecular formula is C18H28O12. The highest BCUT2D eigenvalue weighted by Gasteiger charge is 2.52. The van der Waals surface area contributed by atoms with Crippen molar-refractivity contribution in [1.29, 1.82) is 0 Å². The number of carbonyl (C=O) groups is 3. The molecule has 12 nitrogen and oxygen atoms in total. The van der Waals surface area contributed by atoms with E-state index in [1.165, 1.54) is 6.92 Å². The number of ether oxygens (including phenoxy) is 5. The molecule has 0 radical (unpaired) electrons. The summed E-state index contributed by atoms with van der Waals surface area (Å²) in [7, 11) is 0. The second-order valence-electron chi connectivity index (χ2n) is 7.27. The number of esters is 3. The molecule has 0 unspecified atom stereocenters. The second-order valence-corrected chi connectivity index (χ2v) is 7.27. The Balaban J connectivity index is 2.22. The van der Waals surface area contributed by atoms with Gasteiger partial charge in [0.2, 0.25) is 0 Å². The van der Waals surface area contributed by atoms with Gasteiger partial charge >= 0.3 is 17.9 Å². The third-order valence-electron chi connectivity index (χ3n) is 4.92. The largest absolute Gasteiger partial charge is 0.463 e. The van der Waals surface area contributed by atoms with E-state index in [1.807, 2.05) is 0 Å². The molecule has 0 bridgehead atoms. The Morgan fingerprint density at radius 2 is 1.23 bits per heavy atom. The Morgan fingerprint density at radius 1 is 0.733 bits per heavy atom. The molecule has 0 saturated carbocycles. The summed E-state index contributed by atoms with van der Waals surface area (Å²) in [4.78, 5) is 34.3. The van der Waals surface area contributed by atoms with Crippen molar-refractivity contribution in [3.8, 4) is 0 Å². The lowest BCUT2D eigenvalue weighted by Gasteiger charge is -2.41. The van der Waals surface area contributed by atoms with Gasteiger partial charge in [0.25, 0.3) is 0 Å². The predicted octanol–water partition coefficient (Wildman–Crippen LogP) is -2.59. The van der Waals surface area contributed by atoms with E-state index in [-0.39, 0.29) is 13.0 Å². The van der Waals surface area contributed by atoms with Gasteiger partial charge < -0.3 is 44.1 Å². The summed E-state index contributed by atoms with van der Waals surface area (Å²) >= 11 is 0. The lowest BCUT2D eigenvalue weighted by Crippen LogP contribution is -2.59. The van der Waals surface area contributed by atoms with Crippen LogP contribution in [0.3, 0.4) is 0 Å². The van der Waals surface area contributed by atoms with Crippen LogP contribution in [0.15, 0.2) is 0 Å². The van der Waals surface area contributed by atoms with E-state index in [1.54, 1.807) is 0 Å². The number of aliphatic hydroxyl groups is 4. The van der Waals surface area contributed by atoms with Crippen molar-refractivity contribution >= 4 is 17.9 Å². The van der Waals surface area contributed by atoms with Crippen LogP contribution in [-0.4, -0.2) is 106 Å². The van der Waals surface area contributed by atoms with Crippen LogP contribution in [0, 0.1) is 0 Å². The van der Waals surface area contributed by atoms with Gasteiger partial charge in [0, 0.05) is 27.2 Å². The fourth-order valence-corrected chi connectivity index (χ4v) is 3.60. The summed E-state index contributed by atoms with van der Waals surface area (Å²) in [6, 6.07) is 0. The maximum atomic E-state index is 11.6. The van der Waals surface area contributed by atoms with E-state index in [0.717, 1.165) is 13.8 Å². The fraction of sp³-hybridized carbons (Fsp3) is 0.833. The van der Waals surface area contributed by atoms with Crippen LogP contribution in [0.4, 0.5) is 0 Å². The number of hydrogen-bond acceptors (Lipinski definition) is 12. The number of rotatable bonds is 7. The average molecular weight is 436 g/mol. The highest BCUT2D eigenvalue weighted by Crippen LogP contribution is 2.33. The van der Waals surface area contributed by atoms with Gasteiger partial charge in [0.15, 0.2) is 12.2 Å². The Labute approximate surface area is 172 Å². The smallest absolute Gasteiger partial charge is 0.303 e. The third kappa shape index (κ3) is 5.86. The van der Waals surface area contributed by atoms with Crippen LogP contribution in [0.1, 0.15) is 27.2 Å². The lowest BCUT2D eigenvalue weighted by molar-refractivity contribution is -0.236. The van der Waals surface area contributed by atoms with Gasteiger partial charge in [0.1, 0.15) is 43.2 Å². The minimum absolute atomic E-state index is 0.145. The van der Waals surface area contributed by atoms with Crippen LogP contribution in [0.2, 0.25) is 0 Å².